The maximum absolute atomic E-state index is 12.9. The van der Waals surface area contributed by atoms with Gasteiger partial charge in [-0.05, 0) is 94.4 Å². The van der Waals surface area contributed by atoms with Crippen LogP contribution >= 0.6 is 0 Å². The predicted octanol–water partition coefficient (Wildman–Crippen LogP) is 4.57. The van der Waals surface area contributed by atoms with E-state index in [4.69, 9.17) is 0 Å². The van der Waals surface area contributed by atoms with Gasteiger partial charge in [0.2, 0.25) is 5.91 Å². The number of nitrogens with zero attached hydrogens (tertiary/aromatic N) is 2. The lowest BCUT2D eigenvalue weighted by atomic mass is 9.92. The van der Waals surface area contributed by atoms with Gasteiger partial charge in [-0.2, -0.15) is 0 Å². The molecule has 32 heavy (non-hydrogen) atoms. The molecule has 0 saturated carbocycles. The summed E-state index contributed by atoms with van der Waals surface area (Å²) in [5, 5.41) is 3.11. The Labute approximate surface area is 191 Å². The van der Waals surface area contributed by atoms with E-state index in [2.05, 4.69) is 30.1 Å². The highest BCUT2D eigenvalue weighted by Crippen LogP contribution is 2.26. The zero-order valence-electron chi connectivity index (χ0n) is 19.6. The normalized spacial score (nSPS) is 18.5. The third kappa shape index (κ3) is 5.04. The van der Waals surface area contributed by atoms with Crippen molar-refractivity contribution >= 4 is 17.5 Å². The van der Waals surface area contributed by atoms with E-state index in [-0.39, 0.29) is 17.7 Å². The van der Waals surface area contributed by atoms with E-state index >= 15 is 0 Å². The third-order valence-corrected chi connectivity index (χ3v) is 7.32. The molecule has 0 aliphatic carbocycles. The summed E-state index contributed by atoms with van der Waals surface area (Å²) in [6, 6.07) is 14.5. The molecule has 1 N–H and O–H groups in total. The lowest BCUT2D eigenvalue weighted by Crippen LogP contribution is -2.49. The molecule has 4 rings (SSSR count). The Morgan fingerprint density at radius 3 is 2.16 bits per heavy atom. The summed E-state index contributed by atoms with van der Waals surface area (Å²) in [6.45, 7) is 9.70. The van der Waals surface area contributed by atoms with Gasteiger partial charge in [0.25, 0.3) is 5.91 Å². The molecule has 5 heteroatoms. The van der Waals surface area contributed by atoms with Crippen LogP contribution < -0.4 is 5.32 Å². The molecule has 0 bridgehead atoms. The molecular weight excluding hydrogens is 398 g/mol. The van der Waals surface area contributed by atoms with Gasteiger partial charge in [0.1, 0.15) is 0 Å². The fraction of sp³-hybridized carbons (Fsp3) is 0.481. The minimum absolute atomic E-state index is 0.0792. The summed E-state index contributed by atoms with van der Waals surface area (Å²) in [5.74, 6) is 0.380. The Bertz CT molecular complexity index is 971. The predicted molar refractivity (Wildman–Crippen MR) is 129 cm³/mol. The van der Waals surface area contributed by atoms with Crippen LogP contribution in [0.15, 0.2) is 42.5 Å². The topological polar surface area (TPSA) is 52.7 Å². The second-order valence-electron chi connectivity index (χ2n) is 9.44. The molecule has 2 aromatic carbocycles. The highest BCUT2D eigenvalue weighted by molar-refractivity contribution is 5.95. The number of hydrogen-bond acceptors (Lipinski definition) is 3. The maximum atomic E-state index is 12.9. The lowest BCUT2D eigenvalue weighted by Gasteiger charge is -2.41. The zero-order chi connectivity index (χ0) is 22.7. The van der Waals surface area contributed by atoms with Crippen molar-refractivity contribution < 1.29 is 9.59 Å². The first-order valence-corrected chi connectivity index (χ1v) is 11.9. The van der Waals surface area contributed by atoms with Gasteiger partial charge in [0.05, 0.1) is 0 Å². The number of amides is 2. The molecule has 0 radical (unpaired) electrons. The van der Waals surface area contributed by atoms with Crippen molar-refractivity contribution in [1.29, 1.82) is 0 Å². The first kappa shape index (κ1) is 22.5. The van der Waals surface area contributed by atoms with Crippen LogP contribution in [-0.2, 0) is 4.79 Å². The van der Waals surface area contributed by atoms with Crippen molar-refractivity contribution in [3.8, 4) is 0 Å². The van der Waals surface area contributed by atoms with Crippen LogP contribution in [0.2, 0.25) is 0 Å². The fourth-order valence-electron chi connectivity index (χ4n) is 5.01. The van der Waals surface area contributed by atoms with Crippen molar-refractivity contribution in [2.75, 3.05) is 31.5 Å². The molecule has 2 amide bonds. The minimum atomic E-state index is 0.0792. The van der Waals surface area contributed by atoms with Crippen LogP contribution in [0, 0.1) is 26.7 Å². The highest BCUT2D eigenvalue weighted by atomic mass is 16.2. The molecule has 2 fully saturated rings. The Kier molecular flexibility index (Phi) is 6.95. The maximum Gasteiger partial charge on any atom is 0.254 e. The van der Waals surface area contributed by atoms with Crippen molar-refractivity contribution in [2.24, 2.45) is 5.92 Å². The summed E-state index contributed by atoms with van der Waals surface area (Å²) < 4.78 is 0. The number of piperidine rings is 2. The van der Waals surface area contributed by atoms with E-state index in [0.717, 1.165) is 68.7 Å². The van der Waals surface area contributed by atoms with Gasteiger partial charge in [0, 0.05) is 36.3 Å². The van der Waals surface area contributed by atoms with Gasteiger partial charge >= 0.3 is 0 Å². The van der Waals surface area contributed by atoms with E-state index in [0.29, 0.717) is 6.04 Å². The number of anilines is 1. The number of hydrogen-bond donors (Lipinski definition) is 1. The Morgan fingerprint density at radius 1 is 0.812 bits per heavy atom. The van der Waals surface area contributed by atoms with Crippen LogP contribution in [0.1, 0.15) is 52.7 Å². The van der Waals surface area contributed by atoms with Gasteiger partial charge in [-0.15, -0.1) is 0 Å². The number of carbonyl (C=O) groups excluding carboxylic acids is 2. The second-order valence-corrected chi connectivity index (χ2v) is 9.44. The van der Waals surface area contributed by atoms with Crippen LogP contribution in [0.25, 0.3) is 0 Å². The summed E-state index contributed by atoms with van der Waals surface area (Å²) in [4.78, 5) is 30.2. The van der Waals surface area contributed by atoms with Crippen molar-refractivity contribution in [3.05, 3.63) is 64.7 Å². The van der Waals surface area contributed by atoms with E-state index in [1.807, 2.05) is 48.2 Å². The Balaban J connectivity index is 1.24. The van der Waals surface area contributed by atoms with Gasteiger partial charge in [-0.3, -0.25) is 9.59 Å². The first-order chi connectivity index (χ1) is 15.4. The molecule has 0 atom stereocenters. The molecule has 170 valence electrons. The summed E-state index contributed by atoms with van der Waals surface area (Å²) in [7, 11) is 0. The number of carbonyl (C=O) groups is 2. The standard InChI is InChI=1S/C27H35N3O2/c1-19-8-9-23(18-21(19)3)28-26(31)22-10-14-29(15-11-22)24-12-16-30(17-13-24)27(32)25-7-5-4-6-20(25)2/h4-9,18,22,24H,10-17H2,1-3H3,(H,28,31). The number of likely N-dealkylation sites (tertiary alicyclic amines) is 2. The van der Waals surface area contributed by atoms with Crippen molar-refractivity contribution in [1.82, 2.24) is 9.80 Å². The first-order valence-electron chi connectivity index (χ1n) is 11.9. The smallest absolute Gasteiger partial charge is 0.254 e. The molecule has 2 aliphatic rings. The van der Waals surface area contributed by atoms with E-state index in [1.165, 1.54) is 11.1 Å². The molecule has 2 heterocycles. The lowest BCUT2D eigenvalue weighted by molar-refractivity contribution is -0.121. The zero-order valence-corrected chi connectivity index (χ0v) is 19.6. The largest absolute Gasteiger partial charge is 0.339 e. The summed E-state index contributed by atoms with van der Waals surface area (Å²) in [6.07, 6.45) is 3.83. The van der Waals surface area contributed by atoms with Crippen LogP contribution in [0.5, 0.6) is 0 Å². The minimum Gasteiger partial charge on any atom is -0.339 e. The number of aryl methyl sites for hydroxylation is 3. The van der Waals surface area contributed by atoms with Crippen molar-refractivity contribution in [3.63, 3.8) is 0 Å². The quantitative estimate of drug-likeness (QED) is 0.769. The number of rotatable bonds is 4. The third-order valence-electron chi connectivity index (χ3n) is 7.32. The molecule has 2 saturated heterocycles. The molecular formula is C27H35N3O2. The van der Waals surface area contributed by atoms with Gasteiger partial charge in [-0.25, -0.2) is 0 Å². The molecule has 0 aromatic heterocycles. The SMILES string of the molecule is Cc1ccc(NC(=O)C2CCN(C3CCN(C(=O)c4ccccc4C)CC3)CC2)cc1C. The van der Waals surface area contributed by atoms with Crippen LogP contribution in [0.4, 0.5) is 5.69 Å². The summed E-state index contributed by atoms with van der Waals surface area (Å²) >= 11 is 0. The van der Waals surface area contributed by atoms with Crippen molar-refractivity contribution in [2.45, 2.75) is 52.5 Å². The molecule has 2 aliphatic heterocycles. The number of benzene rings is 2. The van der Waals surface area contributed by atoms with E-state index in [1.54, 1.807) is 0 Å². The average molecular weight is 434 g/mol. The summed E-state index contributed by atoms with van der Waals surface area (Å²) in [5.41, 5.74) is 5.20. The van der Waals surface area contributed by atoms with E-state index < -0.39 is 0 Å². The van der Waals surface area contributed by atoms with Gasteiger partial charge < -0.3 is 15.1 Å². The molecule has 0 unspecified atom stereocenters. The molecule has 2 aromatic rings. The molecule has 0 spiro atoms. The Morgan fingerprint density at radius 2 is 1.50 bits per heavy atom. The molecule has 5 nitrogen and oxygen atoms in total. The average Bonchev–Trinajstić information content (AvgIpc) is 2.81. The monoisotopic (exact) mass is 433 g/mol. The fourth-order valence-corrected chi connectivity index (χ4v) is 5.01. The number of nitrogens with one attached hydrogen (secondary N) is 1. The highest BCUT2D eigenvalue weighted by Gasteiger charge is 2.32. The Hall–Kier alpha value is -2.66. The second kappa shape index (κ2) is 9.86. The van der Waals surface area contributed by atoms with E-state index in [9.17, 15) is 9.59 Å². The van der Waals surface area contributed by atoms with Crippen LogP contribution in [-0.4, -0.2) is 53.8 Å². The van der Waals surface area contributed by atoms with Gasteiger partial charge in [0.15, 0.2) is 0 Å². The van der Waals surface area contributed by atoms with Crippen LogP contribution in [0.3, 0.4) is 0 Å². The van der Waals surface area contributed by atoms with Gasteiger partial charge in [-0.1, -0.05) is 24.3 Å².